The van der Waals surface area contributed by atoms with Gasteiger partial charge in [0.1, 0.15) is 12.7 Å². The van der Waals surface area contributed by atoms with E-state index >= 15 is 0 Å². The molecule has 1 N–H and O–H groups in total. The van der Waals surface area contributed by atoms with Crippen LogP contribution in [0.2, 0.25) is 18.1 Å². The molecular formula is C35H48FN5O5Si. The van der Waals surface area contributed by atoms with Crippen LogP contribution in [0, 0.1) is 18.4 Å². The fraction of sp³-hybridized carbons (Fsp3) is 0.571. The summed E-state index contributed by atoms with van der Waals surface area (Å²) in [6.07, 6.45) is 13.7. The summed E-state index contributed by atoms with van der Waals surface area (Å²) in [4.78, 5) is 38.1. The largest absolute Gasteiger partial charge is 0.458 e. The molecule has 12 heteroatoms. The number of carbonyl (C=O) groups is 2. The number of hydrogen-bond acceptors (Lipinski definition) is 8. The lowest BCUT2D eigenvalue weighted by Gasteiger charge is -2.42. The van der Waals surface area contributed by atoms with E-state index in [1.807, 2.05) is 6.07 Å². The molecule has 3 heterocycles. The van der Waals surface area contributed by atoms with E-state index in [4.69, 9.17) is 20.3 Å². The zero-order valence-electron chi connectivity index (χ0n) is 28.5. The zero-order chi connectivity index (χ0) is 34.2. The minimum atomic E-state index is -2.50. The average molecular weight is 666 g/mol. The van der Waals surface area contributed by atoms with Crippen molar-refractivity contribution >= 4 is 37.2 Å². The summed E-state index contributed by atoms with van der Waals surface area (Å²) in [5, 5.41) is 2.54. The topological polar surface area (TPSA) is 117 Å². The van der Waals surface area contributed by atoms with Crippen molar-refractivity contribution in [3.63, 3.8) is 0 Å². The van der Waals surface area contributed by atoms with Crippen molar-refractivity contribution in [3.8, 4) is 12.3 Å². The number of nitrogens with zero attached hydrogens (tertiary/aromatic N) is 4. The highest BCUT2D eigenvalue weighted by Crippen LogP contribution is 2.44. The normalized spacial score (nSPS) is 19.9. The van der Waals surface area contributed by atoms with E-state index in [0.29, 0.717) is 12.0 Å². The molecule has 1 aliphatic rings. The van der Waals surface area contributed by atoms with Gasteiger partial charge in [-0.05, 0) is 36.7 Å². The van der Waals surface area contributed by atoms with E-state index in [1.54, 1.807) is 28.8 Å². The molecule has 1 fully saturated rings. The number of carbonyl (C=O) groups excluding carboxylic acids is 2. The van der Waals surface area contributed by atoms with E-state index in [9.17, 15) is 14.0 Å². The van der Waals surface area contributed by atoms with Gasteiger partial charge in [-0.1, -0.05) is 90.3 Å². The summed E-state index contributed by atoms with van der Waals surface area (Å²) in [7, 11) is -2.50. The Kier molecular flexibility index (Phi) is 11.9. The third kappa shape index (κ3) is 8.63. The molecule has 1 aliphatic heterocycles. The number of fused-ring (bicyclic) bond motifs is 1. The van der Waals surface area contributed by atoms with Gasteiger partial charge >= 0.3 is 12.0 Å². The molecular weight excluding hydrogens is 617 g/mol. The van der Waals surface area contributed by atoms with E-state index in [-0.39, 0.29) is 41.1 Å². The zero-order valence-corrected chi connectivity index (χ0v) is 29.5. The molecule has 2 aromatic heterocycles. The fourth-order valence-corrected chi connectivity index (χ4v) is 6.72. The summed E-state index contributed by atoms with van der Waals surface area (Å²) in [6.45, 7) is 12.5. The maximum absolute atomic E-state index is 14.9. The van der Waals surface area contributed by atoms with Crippen LogP contribution < -0.4 is 5.32 Å². The monoisotopic (exact) mass is 665 g/mol. The minimum Gasteiger partial charge on any atom is -0.458 e. The van der Waals surface area contributed by atoms with Gasteiger partial charge in [0.15, 0.2) is 30.9 Å². The van der Waals surface area contributed by atoms with Gasteiger partial charge in [-0.15, -0.1) is 6.42 Å². The van der Waals surface area contributed by atoms with Crippen molar-refractivity contribution in [1.82, 2.24) is 19.5 Å². The number of rotatable bonds is 15. The van der Waals surface area contributed by atoms with Crippen LogP contribution in [0.25, 0.3) is 11.2 Å². The lowest BCUT2D eigenvalue weighted by molar-refractivity contribution is -0.116. The van der Waals surface area contributed by atoms with Crippen molar-refractivity contribution in [1.29, 1.82) is 0 Å². The third-order valence-electron chi connectivity index (χ3n) is 9.24. The van der Waals surface area contributed by atoms with Gasteiger partial charge in [0.25, 0.3) is 0 Å². The van der Waals surface area contributed by atoms with Crippen LogP contribution in [0.15, 0.2) is 36.7 Å². The number of benzene rings is 1. The molecule has 254 valence electrons. The second-order valence-electron chi connectivity index (χ2n) is 13.7. The number of halogens is 1. The SMILES string of the molecule is C#C[C@]1(COC(=O)c2ccccc2)OCC(n2cnc3c(NC(=O)CCCCCCCCC)nc(F)nc32)C1O[Si](C)(C)C(C)(C)C. The molecule has 0 aliphatic carbocycles. The Hall–Kier alpha value is -3.66. The van der Waals surface area contributed by atoms with Crippen LogP contribution in [0.4, 0.5) is 10.2 Å². The Morgan fingerprint density at radius 3 is 2.47 bits per heavy atom. The average Bonchev–Trinajstić information content (AvgIpc) is 3.60. The van der Waals surface area contributed by atoms with Crippen LogP contribution in [0.1, 0.15) is 95.5 Å². The predicted molar refractivity (Wildman–Crippen MR) is 182 cm³/mol. The molecule has 0 bridgehead atoms. The van der Waals surface area contributed by atoms with Crippen molar-refractivity contribution in [2.45, 2.75) is 115 Å². The van der Waals surface area contributed by atoms with E-state index in [0.717, 1.165) is 25.7 Å². The quantitative estimate of drug-likeness (QED) is 0.0594. The van der Waals surface area contributed by atoms with Crippen LogP contribution in [-0.2, 0) is 18.7 Å². The van der Waals surface area contributed by atoms with Gasteiger partial charge in [-0.2, -0.15) is 14.4 Å². The van der Waals surface area contributed by atoms with Gasteiger partial charge in [-0.3, -0.25) is 4.79 Å². The van der Waals surface area contributed by atoms with E-state index in [1.165, 1.54) is 25.6 Å². The van der Waals surface area contributed by atoms with Gasteiger partial charge in [0.2, 0.25) is 5.91 Å². The molecule has 4 rings (SSSR count). The number of terminal acetylenes is 1. The Morgan fingerprint density at radius 1 is 1.13 bits per heavy atom. The summed E-state index contributed by atoms with van der Waals surface area (Å²) >= 11 is 0. The Bertz CT molecular complexity index is 1570. The number of unbranched alkanes of at least 4 members (excludes halogenated alkanes) is 6. The van der Waals surface area contributed by atoms with E-state index in [2.05, 4.69) is 67.0 Å². The molecule has 1 aromatic carbocycles. The summed E-state index contributed by atoms with van der Waals surface area (Å²) in [5.74, 6) is 1.93. The van der Waals surface area contributed by atoms with Crippen molar-refractivity contribution in [3.05, 3.63) is 48.3 Å². The highest BCUT2D eigenvalue weighted by molar-refractivity contribution is 6.74. The second-order valence-corrected chi connectivity index (χ2v) is 18.5. The number of amides is 1. The van der Waals surface area contributed by atoms with Crippen LogP contribution in [-0.4, -0.2) is 64.6 Å². The molecule has 1 saturated heterocycles. The molecule has 3 atom stereocenters. The smallest absolute Gasteiger partial charge is 0.338 e. The number of hydrogen-bond donors (Lipinski definition) is 1. The molecule has 0 radical (unpaired) electrons. The Balaban J connectivity index is 1.59. The summed E-state index contributed by atoms with van der Waals surface area (Å²) < 4.78 is 35.5. The first-order chi connectivity index (χ1) is 22.3. The van der Waals surface area contributed by atoms with Crippen molar-refractivity contribution in [2.75, 3.05) is 18.5 Å². The highest BCUT2D eigenvalue weighted by Gasteiger charge is 2.55. The van der Waals surface area contributed by atoms with Gasteiger partial charge in [0, 0.05) is 6.42 Å². The summed E-state index contributed by atoms with van der Waals surface area (Å²) in [6, 6.07) is 8.01. The molecule has 3 aromatic rings. The fourth-order valence-electron chi connectivity index (χ4n) is 5.39. The first kappa shape index (κ1) is 36.2. The third-order valence-corrected chi connectivity index (χ3v) is 13.7. The van der Waals surface area contributed by atoms with Gasteiger partial charge in [-0.25, -0.2) is 9.78 Å². The number of anilines is 1. The molecule has 0 spiro atoms. The number of ether oxygens (including phenoxy) is 2. The maximum atomic E-state index is 14.9. The number of imidazole rings is 1. The van der Waals surface area contributed by atoms with Crippen molar-refractivity contribution in [2.24, 2.45) is 0 Å². The number of aromatic nitrogens is 4. The van der Waals surface area contributed by atoms with Crippen LogP contribution in [0.3, 0.4) is 0 Å². The van der Waals surface area contributed by atoms with E-state index < -0.39 is 38.1 Å². The first-order valence-electron chi connectivity index (χ1n) is 16.5. The molecule has 1 amide bonds. The number of nitrogens with one attached hydrogen (secondary N) is 1. The van der Waals surface area contributed by atoms with Crippen LogP contribution >= 0.6 is 0 Å². The first-order valence-corrected chi connectivity index (χ1v) is 19.4. The van der Waals surface area contributed by atoms with Gasteiger partial charge < -0.3 is 23.8 Å². The second kappa shape index (κ2) is 15.5. The molecule has 0 saturated carbocycles. The standard InChI is InChI=1S/C35H48FN5O5Si/c1-8-10-11-12-13-14-18-21-27(42)38-30-28-31(40-33(36)39-30)41(24-37-28)26-22-45-35(9-2,29(26)46-47(6,7)34(3,4)5)23-44-32(43)25-19-16-15-17-20-25/h2,15-17,19-20,24,26,29H,8,10-14,18,21-23H2,1,3-7H3,(H,38,39,40,42)/t26?,29?,35-/m1/s1. The van der Waals surface area contributed by atoms with Crippen LogP contribution in [0.5, 0.6) is 0 Å². The predicted octanol–water partition coefficient (Wildman–Crippen LogP) is 7.24. The van der Waals surface area contributed by atoms with Crippen molar-refractivity contribution < 1.29 is 27.9 Å². The lowest BCUT2D eigenvalue weighted by Crippen LogP contribution is -2.54. The Morgan fingerprint density at radius 2 is 1.81 bits per heavy atom. The molecule has 2 unspecified atom stereocenters. The Labute approximate surface area is 278 Å². The molecule has 10 nitrogen and oxygen atoms in total. The minimum absolute atomic E-state index is 0.0000184. The number of esters is 1. The molecule has 47 heavy (non-hydrogen) atoms. The summed E-state index contributed by atoms with van der Waals surface area (Å²) in [5.41, 5.74) is -0.666. The maximum Gasteiger partial charge on any atom is 0.338 e. The lowest BCUT2D eigenvalue weighted by atomic mass is 9.96. The van der Waals surface area contributed by atoms with Gasteiger partial charge in [0.05, 0.1) is 24.5 Å². The highest BCUT2D eigenvalue weighted by atomic mass is 28.4.